The number of allylic oxidation sites excluding steroid dienone is 2. The van der Waals surface area contributed by atoms with Crippen molar-refractivity contribution in [3.8, 4) is 11.3 Å². The molecule has 3 fully saturated rings. The molecule has 4 heteroatoms. The van der Waals surface area contributed by atoms with Gasteiger partial charge in [0.05, 0.1) is 0 Å². The van der Waals surface area contributed by atoms with E-state index in [2.05, 4.69) is 0 Å². The highest BCUT2D eigenvalue weighted by Crippen LogP contribution is 2.54. The molecule has 1 aliphatic heterocycles. The first-order valence-electron chi connectivity index (χ1n) is 9.92. The summed E-state index contributed by atoms with van der Waals surface area (Å²) in [7, 11) is 0. The van der Waals surface area contributed by atoms with Crippen LogP contribution in [0.2, 0.25) is 0 Å². The number of aryl methyl sites for hydroxylation is 1. The van der Waals surface area contributed by atoms with E-state index in [-0.39, 0.29) is 10.2 Å². The van der Waals surface area contributed by atoms with Gasteiger partial charge in [-0.3, -0.25) is 9.59 Å². The Morgan fingerprint density at radius 1 is 0.964 bits per heavy atom. The molecule has 0 bridgehead atoms. The molecular formula is C24H22O3S. The Balaban J connectivity index is 1.65. The molecule has 0 radical (unpaired) electrons. The minimum Gasteiger partial charge on any atom is -0.461 e. The summed E-state index contributed by atoms with van der Waals surface area (Å²) in [6.45, 7) is 3.88. The van der Waals surface area contributed by atoms with Crippen LogP contribution < -0.4 is 0 Å². The zero-order chi connectivity index (χ0) is 19.4. The largest absolute Gasteiger partial charge is 0.461 e. The Kier molecular flexibility index (Phi) is 4.20. The van der Waals surface area contributed by atoms with Gasteiger partial charge in [0.25, 0.3) is 0 Å². The van der Waals surface area contributed by atoms with Gasteiger partial charge in [0.15, 0.2) is 0 Å². The van der Waals surface area contributed by atoms with Crippen molar-refractivity contribution >= 4 is 27.6 Å². The SMILES string of the molecule is C/C(=C1/C(=O)SC(=O)C1=C(C1CC1)C1CC1)c1cc(-c2ccccc2)oc1C. The molecule has 0 spiro atoms. The molecule has 28 heavy (non-hydrogen) atoms. The fourth-order valence-corrected chi connectivity index (χ4v) is 5.10. The third-order valence-corrected chi connectivity index (χ3v) is 6.70. The Morgan fingerprint density at radius 2 is 1.57 bits per heavy atom. The number of carbonyl (C=O) groups excluding carboxylic acids is 2. The molecule has 1 saturated heterocycles. The number of carbonyl (C=O) groups is 2. The molecule has 0 unspecified atom stereocenters. The van der Waals surface area contributed by atoms with E-state index in [1.807, 2.05) is 50.2 Å². The fourth-order valence-electron chi connectivity index (χ4n) is 4.26. The van der Waals surface area contributed by atoms with Gasteiger partial charge in [-0.1, -0.05) is 35.9 Å². The Morgan fingerprint density at radius 3 is 2.18 bits per heavy atom. The van der Waals surface area contributed by atoms with Crippen molar-refractivity contribution in [3.05, 3.63) is 64.4 Å². The molecule has 2 heterocycles. The topological polar surface area (TPSA) is 47.3 Å². The predicted octanol–water partition coefficient (Wildman–Crippen LogP) is 5.95. The highest BCUT2D eigenvalue weighted by molar-refractivity contribution is 8.27. The number of hydrogen-bond donors (Lipinski definition) is 0. The van der Waals surface area contributed by atoms with Crippen LogP contribution in [0.5, 0.6) is 0 Å². The van der Waals surface area contributed by atoms with Crippen LogP contribution >= 0.6 is 11.8 Å². The van der Waals surface area contributed by atoms with Crippen molar-refractivity contribution in [3.63, 3.8) is 0 Å². The van der Waals surface area contributed by atoms with Crippen molar-refractivity contribution in [2.24, 2.45) is 11.8 Å². The van der Waals surface area contributed by atoms with Gasteiger partial charge in [0, 0.05) is 22.3 Å². The molecule has 1 aromatic heterocycles. The molecule has 0 atom stereocenters. The van der Waals surface area contributed by atoms with Gasteiger partial charge < -0.3 is 4.42 Å². The summed E-state index contributed by atoms with van der Waals surface area (Å²) in [5.74, 6) is 2.57. The van der Waals surface area contributed by atoms with Crippen molar-refractivity contribution in [1.29, 1.82) is 0 Å². The van der Waals surface area contributed by atoms with Crippen LogP contribution in [0.3, 0.4) is 0 Å². The first-order valence-corrected chi connectivity index (χ1v) is 10.7. The van der Waals surface area contributed by atoms with E-state index in [4.69, 9.17) is 4.42 Å². The zero-order valence-corrected chi connectivity index (χ0v) is 16.9. The first-order chi connectivity index (χ1) is 13.5. The summed E-state index contributed by atoms with van der Waals surface area (Å²) in [6.07, 6.45) is 4.60. The van der Waals surface area contributed by atoms with Crippen LogP contribution in [0.25, 0.3) is 16.9 Å². The molecule has 2 saturated carbocycles. The zero-order valence-electron chi connectivity index (χ0n) is 16.1. The monoisotopic (exact) mass is 390 g/mol. The van der Waals surface area contributed by atoms with E-state index in [1.54, 1.807) is 0 Å². The molecule has 2 aliphatic carbocycles. The van der Waals surface area contributed by atoms with Crippen molar-refractivity contribution in [1.82, 2.24) is 0 Å². The lowest BCUT2D eigenvalue weighted by atomic mass is 9.90. The highest BCUT2D eigenvalue weighted by atomic mass is 32.2. The second-order valence-corrected chi connectivity index (χ2v) is 8.95. The van der Waals surface area contributed by atoms with E-state index in [0.29, 0.717) is 17.4 Å². The van der Waals surface area contributed by atoms with E-state index >= 15 is 0 Å². The highest BCUT2D eigenvalue weighted by Gasteiger charge is 2.45. The van der Waals surface area contributed by atoms with Crippen molar-refractivity contribution < 1.29 is 14.0 Å². The van der Waals surface area contributed by atoms with Crippen LogP contribution in [0.1, 0.15) is 43.9 Å². The average molecular weight is 391 g/mol. The van der Waals surface area contributed by atoms with Crippen molar-refractivity contribution in [2.75, 3.05) is 0 Å². The number of furan rings is 1. The van der Waals surface area contributed by atoms with Gasteiger partial charge in [0.1, 0.15) is 11.5 Å². The first kappa shape index (κ1) is 17.7. The molecule has 0 amide bonds. The number of thioether (sulfide) groups is 1. The standard InChI is InChI=1S/C24H22O3S/c1-13(18-12-19(27-14(18)2)15-6-4-3-5-7-15)20-22(24(26)28-23(20)25)21(16-8-9-16)17-10-11-17/h3-7,12,16-17H,8-11H2,1-2H3/b20-13-. The van der Waals surface area contributed by atoms with Gasteiger partial charge in [-0.25, -0.2) is 0 Å². The molecule has 3 nitrogen and oxygen atoms in total. The van der Waals surface area contributed by atoms with Crippen LogP contribution in [0.15, 0.2) is 57.5 Å². The minimum absolute atomic E-state index is 0.0578. The van der Waals surface area contributed by atoms with Gasteiger partial charge in [-0.15, -0.1) is 0 Å². The quantitative estimate of drug-likeness (QED) is 0.606. The van der Waals surface area contributed by atoms with Gasteiger partial charge in [-0.05, 0) is 74.8 Å². The minimum atomic E-state index is -0.113. The van der Waals surface area contributed by atoms with E-state index in [0.717, 1.165) is 71.2 Å². The lowest BCUT2D eigenvalue weighted by Crippen LogP contribution is -2.05. The van der Waals surface area contributed by atoms with Crippen LogP contribution in [0.4, 0.5) is 0 Å². The fraction of sp³-hybridized carbons (Fsp3) is 0.333. The Bertz CT molecular complexity index is 1030. The molecule has 1 aromatic carbocycles. The second kappa shape index (κ2) is 6.63. The van der Waals surface area contributed by atoms with E-state index in [1.165, 1.54) is 5.57 Å². The summed E-state index contributed by atoms with van der Waals surface area (Å²) in [5, 5.41) is -0.171. The van der Waals surface area contributed by atoms with E-state index < -0.39 is 0 Å². The normalized spacial score (nSPS) is 21.4. The maximum atomic E-state index is 12.8. The number of hydrogen-bond acceptors (Lipinski definition) is 4. The predicted molar refractivity (Wildman–Crippen MR) is 112 cm³/mol. The summed E-state index contributed by atoms with van der Waals surface area (Å²) in [5.41, 5.74) is 5.39. The molecule has 2 aromatic rings. The summed E-state index contributed by atoms with van der Waals surface area (Å²) in [4.78, 5) is 25.6. The van der Waals surface area contributed by atoms with Gasteiger partial charge >= 0.3 is 0 Å². The van der Waals surface area contributed by atoms with Crippen molar-refractivity contribution in [2.45, 2.75) is 39.5 Å². The summed E-state index contributed by atoms with van der Waals surface area (Å²) in [6, 6.07) is 11.9. The maximum Gasteiger partial charge on any atom is 0.228 e. The van der Waals surface area contributed by atoms with Gasteiger partial charge in [0.2, 0.25) is 10.2 Å². The third-order valence-electron chi connectivity index (χ3n) is 5.92. The van der Waals surface area contributed by atoms with Crippen LogP contribution in [-0.4, -0.2) is 10.2 Å². The molecule has 3 aliphatic rings. The number of rotatable bonds is 4. The Labute approximate surface area is 168 Å². The summed E-state index contributed by atoms with van der Waals surface area (Å²) >= 11 is 0.863. The molecular weight excluding hydrogens is 368 g/mol. The molecule has 5 rings (SSSR count). The third kappa shape index (κ3) is 3.00. The summed E-state index contributed by atoms with van der Waals surface area (Å²) < 4.78 is 6.01. The Hall–Kier alpha value is -2.33. The smallest absolute Gasteiger partial charge is 0.228 e. The maximum absolute atomic E-state index is 12.8. The van der Waals surface area contributed by atoms with E-state index in [9.17, 15) is 9.59 Å². The number of benzene rings is 1. The molecule has 0 N–H and O–H groups in total. The average Bonchev–Trinajstić information content (AvgIpc) is 3.60. The lowest BCUT2D eigenvalue weighted by molar-refractivity contribution is -0.107. The van der Waals surface area contributed by atoms with Crippen LogP contribution in [-0.2, 0) is 9.59 Å². The molecule has 142 valence electrons. The second-order valence-electron chi connectivity index (χ2n) is 8.00. The lowest BCUT2D eigenvalue weighted by Gasteiger charge is -2.11. The van der Waals surface area contributed by atoms with Gasteiger partial charge in [-0.2, -0.15) is 0 Å². The van der Waals surface area contributed by atoms with Crippen LogP contribution in [0, 0.1) is 18.8 Å².